The summed E-state index contributed by atoms with van der Waals surface area (Å²) in [5.74, 6) is 0.313. The van der Waals surface area contributed by atoms with Crippen LogP contribution in [0.3, 0.4) is 0 Å². The van der Waals surface area contributed by atoms with E-state index in [1.807, 2.05) is 18.2 Å². The predicted molar refractivity (Wildman–Crippen MR) is 133 cm³/mol. The minimum atomic E-state index is -0.330. The lowest BCUT2D eigenvalue weighted by Crippen LogP contribution is -2.20. The van der Waals surface area contributed by atoms with Gasteiger partial charge >= 0.3 is 0 Å². The summed E-state index contributed by atoms with van der Waals surface area (Å²) < 4.78 is 0. The van der Waals surface area contributed by atoms with Crippen LogP contribution in [0, 0.1) is 20.8 Å². The predicted octanol–water partition coefficient (Wildman–Crippen LogP) is 6.24. The van der Waals surface area contributed by atoms with Crippen molar-refractivity contribution < 1.29 is 4.79 Å². The van der Waals surface area contributed by atoms with Gasteiger partial charge in [0.1, 0.15) is 5.04 Å². The van der Waals surface area contributed by atoms with Gasteiger partial charge in [0, 0.05) is 11.3 Å². The van der Waals surface area contributed by atoms with Crippen LogP contribution in [-0.2, 0) is 4.79 Å². The zero-order chi connectivity index (χ0) is 21.8. The van der Waals surface area contributed by atoms with Gasteiger partial charge in [0.2, 0.25) is 5.91 Å². The van der Waals surface area contributed by atoms with Crippen molar-refractivity contribution >= 4 is 34.1 Å². The number of anilines is 1. The monoisotopic (exact) mass is 433 g/mol. The molecule has 5 heteroatoms. The molecule has 162 valence electrons. The van der Waals surface area contributed by atoms with Gasteiger partial charge in [-0.15, -0.1) is 0 Å². The molecular formula is C26H31N3OS. The fourth-order valence-electron chi connectivity index (χ4n) is 4.19. The lowest BCUT2D eigenvalue weighted by Gasteiger charge is -2.20. The summed E-state index contributed by atoms with van der Waals surface area (Å²) in [4.78, 5) is 22.9. The first kappa shape index (κ1) is 21.8. The molecule has 4 rings (SSSR count). The van der Waals surface area contributed by atoms with Crippen molar-refractivity contribution in [1.82, 2.24) is 0 Å². The van der Waals surface area contributed by atoms with E-state index in [4.69, 9.17) is 9.98 Å². The Morgan fingerprint density at radius 3 is 2.32 bits per heavy atom. The quantitative estimate of drug-likeness (QED) is 0.621. The van der Waals surface area contributed by atoms with Crippen LogP contribution in [0.5, 0.6) is 0 Å². The van der Waals surface area contributed by atoms with Crippen LogP contribution in [0.4, 0.5) is 5.69 Å². The maximum atomic E-state index is 12.6. The zero-order valence-electron chi connectivity index (χ0n) is 18.7. The highest BCUT2D eigenvalue weighted by Gasteiger charge is 2.37. The first-order valence-electron chi connectivity index (χ1n) is 11.2. The normalized spacial score (nSPS) is 17.8. The van der Waals surface area contributed by atoms with E-state index in [9.17, 15) is 4.79 Å². The molecule has 1 aliphatic carbocycles. The summed E-state index contributed by atoms with van der Waals surface area (Å²) in [5, 5.41) is 3.93. The highest BCUT2D eigenvalue weighted by molar-refractivity contribution is 8.16. The molecule has 31 heavy (non-hydrogen) atoms. The van der Waals surface area contributed by atoms with Gasteiger partial charge in [-0.25, -0.2) is 4.99 Å². The number of carbonyl (C=O) groups is 1. The van der Waals surface area contributed by atoms with Crippen molar-refractivity contribution in [2.45, 2.75) is 65.0 Å². The fraction of sp³-hybridized carbons (Fsp3) is 0.423. The second-order valence-electron chi connectivity index (χ2n) is 8.78. The summed E-state index contributed by atoms with van der Waals surface area (Å²) >= 11 is 1.51. The van der Waals surface area contributed by atoms with Gasteiger partial charge in [-0.3, -0.25) is 9.79 Å². The number of aliphatic imine (C=N–C) groups is 2. The molecule has 2 aromatic rings. The van der Waals surface area contributed by atoms with Gasteiger partial charge in [-0.1, -0.05) is 60.5 Å². The van der Waals surface area contributed by atoms with E-state index in [0.717, 1.165) is 34.8 Å². The van der Waals surface area contributed by atoms with E-state index in [2.05, 4.69) is 50.4 Å². The van der Waals surface area contributed by atoms with Gasteiger partial charge in [0.15, 0.2) is 5.66 Å². The Kier molecular flexibility index (Phi) is 6.61. The second-order valence-corrected chi connectivity index (χ2v) is 9.74. The van der Waals surface area contributed by atoms with E-state index in [-0.39, 0.29) is 11.6 Å². The Morgan fingerprint density at radius 2 is 1.65 bits per heavy atom. The van der Waals surface area contributed by atoms with E-state index < -0.39 is 0 Å². The molecule has 0 unspecified atom stereocenters. The molecule has 1 saturated carbocycles. The summed E-state index contributed by atoms with van der Waals surface area (Å²) in [7, 11) is 0. The van der Waals surface area contributed by atoms with Gasteiger partial charge in [-0.2, -0.15) is 0 Å². The number of rotatable bonds is 4. The molecule has 0 bridgehead atoms. The average molecular weight is 434 g/mol. The van der Waals surface area contributed by atoms with Crippen molar-refractivity contribution in [3.8, 4) is 0 Å². The molecule has 1 amide bonds. The summed E-state index contributed by atoms with van der Waals surface area (Å²) in [6, 6.07) is 14.5. The lowest BCUT2D eigenvalue weighted by atomic mass is 10.0. The maximum absolute atomic E-state index is 12.6. The highest BCUT2D eigenvalue weighted by atomic mass is 32.2. The minimum Gasteiger partial charge on any atom is -0.325 e. The van der Waals surface area contributed by atoms with Crippen molar-refractivity contribution in [2.24, 2.45) is 9.98 Å². The maximum Gasteiger partial charge on any atom is 0.234 e. The molecule has 1 spiro atoms. The first-order valence-corrected chi connectivity index (χ1v) is 12.2. The number of aryl methyl sites for hydroxylation is 3. The highest BCUT2D eigenvalue weighted by Crippen LogP contribution is 2.38. The van der Waals surface area contributed by atoms with Crippen molar-refractivity contribution in [1.29, 1.82) is 0 Å². The van der Waals surface area contributed by atoms with Crippen LogP contribution in [0.25, 0.3) is 0 Å². The number of benzene rings is 2. The second kappa shape index (κ2) is 9.39. The van der Waals surface area contributed by atoms with Gasteiger partial charge in [-0.05, 0) is 69.7 Å². The minimum absolute atomic E-state index is 0.0129. The number of thioether (sulfide) groups is 1. The Balaban J connectivity index is 1.51. The molecule has 0 saturated heterocycles. The molecular weight excluding hydrogens is 402 g/mol. The van der Waals surface area contributed by atoms with Gasteiger partial charge in [0.05, 0.1) is 11.5 Å². The van der Waals surface area contributed by atoms with Crippen molar-refractivity contribution in [2.75, 3.05) is 11.1 Å². The largest absolute Gasteiger partial charge is 0.325 e. The third kappa shape index (κ3) is 5.27. The Hall–Kier alpha value is -2.40. The molecule has 1 N–H and O–H groups in total. The number of hydrogen-bond donors (Lipinski definition) is 1. The number of amides is 1. The summed E-state index contributed by atoms with van der Waals surface area (Å²) in [5.41, 5.74) is 6.18. The molecule has 1 fully saturated rings. The van der Waals surface area contributed by atoms with E-state index in [1.54, 1.807) is 0 Å². The number of hydrogen-bond acceptors (Lipinski definition) is 4. The van der Waals surface area contributed by atoms with E-state index in [1.165, 1.54) is 54.1 Å². The van der Waals surface area contributed by atoms with Crippen LogP contribution in [0.2, 0.25) is 0 Å². The summed E-state index contributed by atoms with van der Waals surface area (Å²) in [6.07, 6.45) is 6.85. The Morgan fingerprint density at radius 1 is 0.935 bits per heavy atom. The summed E-state index contributed by atoms with van der Waals surface area (Å²) in [6.45, 7) is 6.22. The molecule has 1 aliphatic heterocycles. The van der Waals surface area contributed by atoms with Gasteiger partial charge < -0.3 is 5.32 Å². The zero-order valence-corrected chi connectivity index (χ0v) is 19.5. The third-order valence-corrected chi connectivity index (χ3v) is 7.16. The Labute approximate surface area is 189 Å². The molecule has 4 nitrogen and oxygen atoms in total. The first-order chi connectivity index (χ1) is 14.9. The van der Waals surface area contributed by atoms with Gasteiger partial charge in [0.25, 0.3) is 0 Å². The van der Waals surface area contributed by atoms with Crippen LogP contribution < -0.4 is 5.32 Å². The molecule has 2 aliphatic rings. The van der Waals surface area contributed by atoms with Crippen LogP contribution in [0.1, 0.15) is 60.8 Å². The molecule has 0 atom stereocenters. The number of nitrogens with one attached hydrogen (secondary N) is 1. The Bertz CT molecular complexity index is 1020. The smallest absolute Gasteiger partial charge is 0.234 e. The van der Waals surface area contributed by atoms with E-state index >= 15 is 0 Å². The lowest BCUT2D eigenvalue weighted by molar-refractivity contribution is -0.113. The average Bonchev–Trinajstić information content (AvgIpc) is 2.94. The molecule has 0 aromatic heterocycles. The van der Waals surface area contributed by atoms with Crippen LogP contribution >= 0.6 is 11.8 Å². The van der Waals surface area contributed by atoms with Crippen molar-refractivity contribution in [3.63, 3.8) is 0 Å². The molecule has 1 heterocycles. The fourth-order valence-corrected chi connectivity index (χ4v) is 5.07. The molecule has 2 aromatic carbocycles. The standard InChI is InChI=1S/C26H31N3OS/c1-18-8-11-21(12-9-18)24-25(29-26(28-24)14-6-4-5-7-15-26)31-17-23(30)27-22-13-10-19(2)20(3)16-22/h8-13,16H,4-7,14-15,17H2,1-3H3,(H,27,30). The van der Waals surface area contributed by atoms with E-state index in [0.29, 0.717) is 5.75 Å². The van der Waals surface area contributed by atoms with Crippen LogP contribution in [0.15, 0.2) is 52.4 Å². The third-order valence-electron chi connectivity index (χ3n) is 6.19. The van der Waals surface area contributed by atoms with Crippen molar-refractivity contribution in [3.05, 3.63) is 64.7 Å². The molecule has 0 radical (unpaired) electrons. The SMILES string of the molecule is Cc1ccc(C2=NC3(CCCCCC3)N=C2SCC(=O)Nc2ccc(C)c(C)c2)cc1. The van der Waals surface area contributed by atoms with Crippen LogP contribution in [-0.4, -0.2) is 28.1 Å². The number of nitrogens with zero attached hydrogens (tertiary/aromatic N) is 2. The topological polar surface area (TPSA) is 53.8 Å². The number of carbonyl (C=O) groups excluding carboxylic acids is 1.